The molecule has 0 saturated carbocycles. The molecule has 0 aliphatic heterocycles. The molecule has 0 saturated heterocycles. The van der Waals surface area contributed by atoms with Crippen molar-refractivity contribution >= 4 is 27.3 Å². The van der Waals surface area contributed by atoms with E-state index in [1.165, 1.54) is 0 Å². The second-order valence-corrected chi connectivity index (χ2v) is 5.03. The zero-order valence-corrected chi connectivity index (χ0v) is 7.35. The third kappa shape index (κ3) is 1.91. The number of hydrogen-bond acceptors (Lipinski definition) is 1. The summed E-state index contributed by atoms with van der Waals surface area (Å²) in [6.07, 6.45) is -0.771. The molecular formula is C6H6NPSe+. The molecule has 1 radical (unpaired) electrons. The first-order valence-electron chi connectivity index (χ1n) is 2.54. The van der Waals surface area contributed by atoms with Gasteiger partial charge in [-0.05, 0) is 0 Å². The molecule has 1 atom stereocenters. The van der Waals surface area contributed by atoms with Gasteiger partial charge in [-0.25, -0.2) is 0 Å². The van der Waals surface area contributed by atoms with E-state index in [0.717, 1.165) is 5.30 Å². The molecule has 0 aliphatic rings. The fourth-order valence-electron chi connectivity index (χ4n) is 0.563. The fourth-order valence-corrected chi connectivity index (χ4v) is 1.77. The molecule has 0 heterocycles. The van der Waals surface area contributed by atoms with E-state index in [-0.39, 0.29) is 0 Å². The Bertz CT molecular complexity index is 210. The van der Waals surface area contributed by atoms with Crippen molar-refractivity contribution in [2.75, 3.05) is 0 Å². The zero-order chi connectivity index (χ0) is 6.69. The SMILES string of the molecule is N=[P+]([Se])c1ccccc1. The molecule has 1 nitrogen and oxygen atoms in total. The van der Waals surface area contributed by atoms with Crippen molar-refractivity contribution in [3.63, 3.8) is 0 Å². The number of benzene rings is 1. The van der Waals surface area contributed by atoms with Gasteiger partial charge in [-0.3, -0.25) is 0 Å². The fraction of sp³-hybridized carbons (Fsp3) is 0. The molecule has 0 aromatic heterocycles. The summed E-state index contributed by atoms with van der Waals surface area (Å²) >= 11 is 2.79. The average molecular weight is 202 g/mol. The average Bonchev–Trinajstić information content (AvgIpc) is 1.90. The summed E-state index contributed by atoms with van der Waals surface area (Å²) in [6.45, 7) is 0. The summed E-state index contributed by atoms with van der Waals surface area (Å²) in [5, 5.41) is 8.42. The van der Waals surface area contributed by atoms with Crippen molar-refractivity contribution in [2.24, 2.45) is 0 Å². The Morgan fingerprint density at radius 3 is 2.11 bits per heavy atom. The zero-order valence-electron chi connectivity index (χ0n) is 4.74. The van der Waals surface area contributed by atoms with Crippen LogP contribution in [0.2, 0.25) is 0 Å². The molecule has 0 aliphatic carbocycles. The van der Waals surface area contributed by atoms with Crippen LogP contribution in [0.25, 0.3) is 0 Å². The van der Waals surface area contributed by atoms with Crippen molar-refractivity contribution < 1.29 is 0 Å². The quantitative estimate of drug-likeness (QED) is 0.528. The Balaban J connectivity index is 2.98. The first kappa shape index (κ1) is 6.95. The van der Waals surface area contributed by atoms with Crippen LogP contribution >= 0.6 is 6.40 Å². The van der Waals surface area contributed by atoms with Crippen LogP contribution < -0.4 is 5.30 Å². The van der Waals surface area contributed by atoms with E-state index in [2.05, 4.69) is 15.6 Å². The van der Waals surface area contributed by atoms with Gasteiger partial charge in [0.25, 0.3) is 0 Å². The summed E-state index contributed by atoms with van der Waals surface area (Å²) in [6, 6.07) is 9.81. The van der Waals surface area contributed by atoms with E-state index < -0.39 is 6.40 Å². The van der Waals surface area contributed by atoms with Crippen LogP contribution in [0, 0.1) is 5.16 Å². The van der Waals surface area contributed by atoms with E-state index >= 15 is 0 Å². The van der Waals surface area contributed by atoms with Gasteiger partial charge in [0.1, 0.15) is 0 Å². The van der Waals surface area contributed by atoms with E-state index in [1.807, 2.05) is 30.3 Å². The molecule has 1 aromatic rings. The van der Waals surface area contributed by atoms with Crippen LogP contribution in [-0.2, 0) is 0 Å². The minimum atomic E-state index is -0.771. The van der Waals surface area contributed by atoms with E-state index in [0.29, 0.717) is 0 Å². The van der Waals surface area contributed by atoms with Gasteiger partial charge in [0, 0.05) is 0 Å². The Kier molecular flexibility index (Phi) is 2.41. The van der Waals surface area contributed by atoms with Crippen LogP contribution in [0.1, 0.15) is 0 Å². The predicted octanol–water partition coefficient (Wildman–Crippen LogP) is 1.64. The molecule has 0 spiro atoms. The normalized spacial score (nSPS) is 11.0. The third-order valence-corrected chi connectivity index (χ3v) is 3.08. The van der Waals surface area contributed by atoms with Gasteiger partial charge in [-0.2, -0.15) is 0 Å². The van der Waals surface area contributed by atoms with Crippen molar-refractivity contribution in [1.29, 1.82) is 5.16 Å². The Morgan fingerprint density at radius 2 is 1.78 bits per heavy atom. The van der Waals surface area contributed by atoms with Gasteiger partial charge in [0.15, 0.2) is 0 Å². The van der Waals surface area contributed by atoms with E-state index in [4.69, 9.17) is 5.16 Å². The molecule has 0 bridgehead atoms. The number of hydrogen-bond donors (Lipinski definition) is 1. The van der Waals surface area contributed by atoms with E-state index in [1.54, 1.807) is 0 Å². The molecule has 3 heteroatoms. The van der Waals surface area contributed by atoms with Crippen molar-refractivity contribution in [1.82, 2.24) is 0 Å². The molecule has 1 rings (SSSR count). The summed E-state index contributed by atoms with van der Waals surface area (Å²) in [5.41, 5.74) is 0. The standard InChI is InChI=1S/C6H6NPSe/c7-8(9)6-4-2-1-3-5-6/h1-5,7H/q+1. The van der Waals surface area contributed by atoms with Crippen LogP contribution in [0.4, 0.5) is 0 Å². The van der Waals surface area contributed by atoms with E-state index in [9.17, 15) is 0 Å². The van der Waals surface area contributed by atoms with Crippen molar-refractivity contribution in [2.45, 2.75) is 0 Å². The van der Waals surface area contributed by atoms with Gasteiger partial charge < -0.3 is 0 Å². The van der Waals surface area contributed by atoms with Gasteiger partial charge in [0.05, 0.1) is 0 Å². The minimum absolute atomic E-state index is 0.771. The number of nitrogens with one attached hydrogen (secondary N) is 1. The van der Waals surface area contributed by atoms with Gasteiger partial charge in [-0.15, -0.1) is 0 Å². The molecule has 0 amide bonds. The maximum absolute atomic E-state index is 7.33. The molecule has 1 unspecified atom stereocenters. The number of rotatable bonds is 1. The monoisotopic (exact) mass is 203 g/mol. The second kappa shape index (κ2) is 3.12. The summed E-state index contributed by atoms with van der Waals surface area (Å²) in [7, 11) is 0. The van der Waals surface area contributed by atoms with Gasteiger partial charge >= 0.3 is 62.8 Å². The summed E-state index contributed by atoms with van der Waals surface area (Å²) < 4.78 is 0. The summed E-state index contributed by atoms with van der Waals surface area (Å²) in [4.78, 5) is 0. The maximum atomic E-state index is 7.33. The van der Waals surface area contributed by atoms with Gasteiger partial charge in [-0.1, -0.05) is 0 Å². The predicted molar refractivity (Wildman–Crippen MR) is 41.5 cm³/mol. The molecule has 0 fully saturated rings. The van der Waals surface area contributed by atoms with Crippen molar-refractivity contribution in [3.8, 4) is 0 Å². The first-order valence-corrected chi connectivity index (χ1v) is 6.10. The Hall–Kier alpha value is -0.161. The Labute approximate surface area is 63.2 Å². The molecule has 45 valence electrons. The van der Waals surface area contributed by atoms with Crippen molar-refractivity contribution in [3.05, 3.63) is 30.3 Å². The van der Waals surface area contributed by atoms with Crippen LogP contribution in [0.3, 0.4) is 0 Å². The third-order valence-electron chi connectivity index (χ3n) is 0.991. The Morgan fingerprint density at radius 1 is 1.22 bits per heavy atom. The van der Waals surface area contributed by atoms with Crippen LogP contribution in [0.15, 0.2) is 30.3 Å². The van der Waals surface area contributed by atoms with Crippen LogP contribution in [0.5, 0.6) is 0 Å². The summed E-state index contributed by atoms with van der Waals surface area (Å²) in [5.74, 6) is 0. The molecular weight excluding hydrogens is 196 g/mol. The molecule has 1 N–H and O–H groups in total. The second-order valence-electron chi connectivity index (χ2n) is 1.63. The molecule has 9 heavy (non-hydrogen) atoms. The van der Waals surface area contributed by atoms with Gasteiger partial charge in [0.2, 0.25) is 0 Å². The molecule has 1 aromatic carbocycles. The first-order chi connectivity index (χ1) is 4.30. The van der Waals surface area contributed by atoms with Crippen LogP contribution in [-0.4, -0.2) is 15.6 Å². The topological polar surface area (TPSA) is 23.9 Å².